The van der Waals surface area contributed by atoms with Crippen molar-refractivity contribution in [2.45, 2.75) is 12.3 Å². The molecule has 0 amide bonds. The molecule has 1 aliphatic heterocycles. The molecule has 1 aromatic heterocycles. The average Bonchev–Trinajstić information content (AvgIpc) is 2.88. The van der Waals surface area contributed by atoms with Gasteiger partial charge in [0.05, 0.1) is 38.8 Å². The lowest BCUT2D eigenvalue weighted by atomic mass is 9.85. The Hall–Kier alpha value is -4.26. The van der Waals surface area contributed by atoms with Gasteiger partial charge in [-0.05, 0) is 42.0 Å². The van der Waals surface area contributed by atoms with E-state index in [-0.39, 0.29) is 12.0 Å². The van der Waals surface area contributed by atoms with E-state index in [1.165, 1.54) is 21.3 Å². The minimum Gasteiger partial charge on any atom is -0.493 e. The number of aromatic nitrogens is 1. The van der Waals surface area contributed by atoms with Crippen molar-refractivity contribution < 1.29 is 23.7 Å². The van der Waals surface area contributed by atoms with Crippen LogP contribution in [0.25, 0.3) is 16.6 Å². The van der Waals surface area contributed by atoms with Gasteiger partial charge in [-0.15, -0.1) is 0 Å². The minimum atomic E-state index is -0.558. The van der Waals surface area contributed by atoms with Crippen molar-refractivity contribution in [2.75, 3.05) is 21.3 Å². The van der Waals surface area contributed by atoms with Crippen LogP contribution in [0.3, 0.4) is 0 Å². The average molecular weight is 457 g/mol. The Kier molecular flexibility index (Phi) is 5.45. The zero-order chi connectivity index (χ0) is 23.8. The van der Waals surface area contributed by atoms with Gasteiger partial charge in [0, 0.05) is 17.0 Å². The molecule has 0 radical (unpaired) electrons. The minimum absolute atomic E-state index is 0.00794. The summed E-state index contributed by atoms with van der Waals surface area (Å²) >= 11 is 0. The summed E-state index contributed by atoms with van der Waals surface area (Å²) in [5.41, 5.74) is 2.25. The molecule has 0 N–H and O–H groups in total. The molecule has 5 rings (SSSR count). The molecule has 1 unspecified atom stereocenters. The molecule has 7 nitrogen and oxygen atoms in total. The number of carbonyl (C=O) groups excluding carboxylic acids is 1. The number of hydrogen-bond donors (Lipinski definition) is 0. The third kappa shape index (κ3) is 3.37. The molecule has 0 bridgehead atoms. The zero-order valence-electron chi connectivity index (χ0n) is 19.0. The van der Waals surface area contributed by atoms with Crippen LogP contribution in [0, 0.1) is 0 Å². The third-order valence-corrected chi connectivity index (χ3v) is 6.11. The Bertz CT molecular complexity index is 1430. The summed E-state index contributed by atoms with van der Waals surface area (Å²) in [6.07, 6.45) is 0.00794. The van der Waals surface area contributed by atoms with Crippen LogP contribution in [0.5, 0.6) is 23.0 Å². The van der Waals surface area contributed by atoms with Crippen molar-refractivity contribution in [1.29, 1.82) is 0 Å². The zero-order valence-corrected chi connectivity index (χ0v) is 19.0. The number of carbonyl (C=O) groups is 1. The standard InChI is InChI=1S/C27H23NO6/c1-31-21-13-16(14-22(32-2)26(21)33-3)19-15-23(29)34-25-18-11-7-8-12-20(18)28(27(30)24(19)25)17-9-5-4-6-10-17/h4-14,19H,15H2,1-3H3. The summed E-state index contributed by atoms with van der Waals surface area (Å²) in [5, 5.41) is 0.687. The van der Waals surface area contributed by atoms with Crippen molar-refractivity contribution in [1.82, 2.24) is 4.57 Å². The predicted molar refractivity (Wildman–Crippen MR) is 128 cm³/mol. The van der Waals surface area contributed by atoms with Gasteiger partial charge in [0.2, 0.25) is 5.75 Å². The van der Waals surface area contributed by atoms with Crippen molar-refractivity contribution in [3.8, 4) is 28.7 Å². The van der Waals surface area contributed by atoms with Crippen molar-refractivity contribution in [3.05, 3.63) is 88.2 Å². The van der Waals surface area contributed by atoms with Gasteiger partial charge in [-0.3, -0.25) is 14.2 Å². The Morgan fingerprint density at radius 1 is 0.853 bits per heavy atom. The van der Waals surface area contributed by atoms with E-state index in [0.29, 0.717) is 45.0 Å². The predicted octanol–water partition coefficient (Wildman–Crippen LogP) is 4.46. The van der Waals surface area contributed by atoms with E-state index in [4.69, 9.17) is 18.9 Å². The largest absolute Gasteiger partial charge is 0.493 e. The van der Waals surface area contributed by atoms with Crippen LogP contribution in [0.1, 0.15) is 23.5 Å². The van der Waals surface area contributed by atoms with Gasteiger partial charge < -0.3 is 18.9 Å². The molecule has 0 saturated carbocycles. The quantitative estimate of drug-likeness (QED) is 0.412. The Morgan fingerprint density at radius 2 is 1.50 bits per heavy atom. The first-order valence-electron chi connectivity index (χ1n) is 10.8. The van der Waals surface area contributed by atoms with Gasteiger partial charge in [0.25, 0.3) is 5.56 Å². The van der Waals surface area contributed by atoms with Crippen LogP contribution in [0.4, 0.5) is 0 Å². The Labute approximate surface area is 196 Å². The Morgan fingerprint density at radius 3 is 2.15 bits per heavy atom. The second-order valence-corrected chi connectivity index (χ2v) is 7.93. The van der Waals surface area contributed by atoms with E-state index in [9.17, 15) is 9.59 Å². The SMILES string of the molecule is COc1cc(C2CC(=O)Oc3c2c(=O)n(-c2ccccc2)c2ccccc32)cc(OC)c1OC. The van der Waals surface area contributed by atoms with Crippen LogP contribution in [-0.4, -0.2) is 31.9 Å². The van der Waals surface area contributed by atoms with Crippen LogP contribution < -0.4 is 24.5 Å². The van der Waals surface area contributed by atoms with E-state index < -0.39 is 11.9 Å². The van der Waals surface area contributed by atoms with E-state index in [1.54, 1.807) is 16.7 Å². The van der Waals surface area contributed by atoms with Crippen molar-refractivity contribution in [3.63, 3.8) is 0 Å². The van der Waals surface area contributed by atoms with Gasteiger partial charge >= 0.3 is 5.97 Å². The molecule has 172 valence electrons. The first-order valence-corrected chi connectivity index (χ1v) is 10.8. The number of para-hydroxylation sites is 2. The molecule has 4 aromatic rings. The number of methoxy groups -OCH3 is 3. The highest BCUT2D eigenvalue weighted by molar-refractivity contribution is 5.92. The summed E-state index contributed by atoms with van der Waals surface area (Å²) in [4.78, 5) is 26.8. The summed E-state index contributed by atoms with van der Waals surface area (Å²) in [6.45, 7) is 0. The van der Waals surface area contributed by atoms with Gasteiger partial charge in [-0.2, -0.15) is 0 Å². The van der Waals surface area contributed by atoms with Crippen molar-refractivity contribution in [2.24, 2.45) is 0 Å². The van der Waals surface area contributed by atoms with E-state index in [0.717, 1.165) is 5.69 Å². The summed E-state index contributed by atoms with van der Waals surface area (Å²) in [7, 11) is 4.58. The molecule has 1 aliphatic rings. The molecule has 1 atom stereocenters. The Balaban J connectivity index is 1.84. The molecule has 0 saturated heterocycles. The van der Waals surface area contributed by atoms with Crippen molar-refractivity contribution >= 4 is 16.9 Å². The summed E-state index contributed by atoms with van der Waals surface area (Å²) in [6, 6.07) is 20.4. The smallest absolute Gasteiger partial charge is 0.312 e. The maximum absolute atomic E-state index is 14.0. The molecular formula is C27H23NO6. The number of benzene rings is 3. The van der Waals surface area contributed by atoms with E-state index in [1.807, 2.05) is 54.6 Å². The van der Waals surface area contributed by atoms with Crippen LogP contribution >= 0.6 is 0 Å². The molecule has 0 fully saturated rings. The first-order chi connectivity index (χ1) is 16.6. The topological polar surface area (TPSA) is 76.0 Å². The van der Waals surface area contributed by atoms with E-state index in [2.05, 4.69) is 0 Å². The van der Waals surface area contributed by atoms with Gasteiger partial charge in [-0.25, -0.2) is 0 Å². The number of nitrogens with zero attached hydrogens (tertiary/aromatic N) is 1. The lowest BCUT2D eigenvalue weighted by molar-refractivity contribution is -0.135. The number of hydrogen-bond acceptors (Lipinski definition) is 6. The fourth-order valence-electron chi connectivity index (χ4n) is 4.59. The fraction of sp³-hybridized carbons (Fsp3) is 0.185. The van der Waals surface area contributed by atoms with Crippen LogP contribution in [0.15, 0.2) is 71.5 Å². The summed E-state index contributed by atoms with van der Waals surface area (Å²) in [5.74, 6) is 0.656. The number of ether oxygens (including phenoxy) is 4. The number of fused-ring (bicyclic) bond motifs is 3. The second-order valence-electron chi connectivity index (χ2n) is 7.93. The summed E-state index contributed by atoms with van der Waals surface area (Å²) < 4.78 is 23.8. The molecule has 34 heavy (non-hydrogen) atoms. The van der Waals surface area contributed by atoms with Crippen LogP contribution in [-0.2, 0) is 4.79 Å². The lowest BCUT2D eigenvalue weighted by Crippen LogP contribution is -2.32. The van der Waals surface area contributed by atoms with Crippen LogP contribution in [0.2, 0.25) is 0 Å². The maximum atomic E-state index is 14.0. The highest BCUT2D eigenvalue weighted by Gasteiger charge is 2.35. The maximum Gasteiger partial charge on any atom is 0.312 e. The molecule has 3 aromatic carbocycles. The molecule has 0 aliphatic carbocycles. The second kappa shape index (κ2) is 8.59. The molecule has 7 heteroatoms. The van der Waals surface area contributed by atoms with Gasteiger partial charge in [0.1, 0.15) is 5.75 Å². The van der Waals surface area contributed by atoms with Gasteiger partial charge in [0.15, 0.2) is 11.5 Å². The highest BCUT2D eigenvalue weighted by Crippen LogP contribution is 2.46. The number of rotatable bonds is 5. The molecular weight excluding hydrogens is 434 g/mol. The first kappa shape index (κ1) is 21.6. The lowest BCUT2D eigenvalue weighted by Gasteiger charge is -2.27. The fourth-order valence-corrected chi connectivity index (χ4v) is 4.59. The molecule has 2 heterocycles. The highest BCUT2D eigenvalue weighted by atomic mass is 16.5. The molecule has 0 spiro atoms. The number of esters is 1. The van der Waals surface area contributed by atoms with Gasteiger partial charge in [-0.1, -0.05) is 30.3 Å². The normalized spacial score (nSPS) is 14.9. The number of pyridine rings is 1. The monoisotopic (exact) mass is 457 g/mol. The third-order valence-electron chi connectivity index (χ3n) is 6.11. The van der Waals surface area contributed by atoms with E-state index >= 15 is 0 Å².